The quantitative estimate of drug-likeness (QED) is 0.870. The van der Waals surface area contributed by atoms with E-state index < -0.39 is 0 Å². The van der Waals surface area contributed by atoms with Crippen LogP contribution in [0.25, 0.3) is 0 Å². The van der Waals surface area contributed by atoms with E-state index in [1.54, 1.807) is 0 Å². The van der Waals surface area contributed by atoms with E-state index in [0.717, 1.165) is 12.2 Å². The minimum Gasteiger partial charge on any atom is -0.339 e. The van der Waals surface area contributed by atoms with Crippen LogP contribution in [0.4, 0.5) is 0 Å². The van der Waals surface area contributed by atoms with Crippen LogP contribution in [0.3, 0.4) is 0 Å². The molecule has 4 nitrogen and oxygen atoms in total. The molecule has 0 spiro atoms. The zero-order chi connectivity index (χ0) is 14.1. The lowest BCUT2D eigenvalue weighted by Crippen LogP contribution is -2.14. The molecule has 2 N–H and O–H groups in total. The van der Waals surface area contributed by atoms with Crippen molar-refractivity contribution in [2.45, 2.75) is 38.6 Å². The van der Waals surface area contributed by atoms with E-state index in [9.17, 15) is 0 Å². The fourth-order valence-electron chi connectivity index (χ4n) is 2.75. The van der Waals surface area contributed by atoms with E-state index in [0.29, 0.717) is 12.3 Å². The molecule has 1 aromatic carbocycles. The molecule has 4 heteroatoms. The molecule has 0 radical (unpaired) electrons. The number of aromatic nitrogens is 2. The highest BCUT2D eigenvalue weighted by molar-refractivity contribution is 5.30. The molecular formula is C16H19N3O. The van der Waals surface area contributed by atoms with Crippen LogP contribution in [0.5, 0.6) is 0 Å². The van der Waals surface area contributed by atoms with Crippen LogP contribution in [0, 0.1) is 13.8 Å². The Bertz CT molecular complexity index is 625. The summed E-state index contributed by atoms with van der Waals surface area (Å²) in [6.45, 7) is 4.20. The highest BCUT2D eigenvalue weighted by atomic mass is 16.5. The maximum atomic E-state index is 5.85. The fraction of sp³-hybridized carbons (Fsp3) is 0.375. The Hall–Kier alpha value is -1.94. The Morgan fingerprint density at radius 1 is 1.20 bits per heavy atom. The second kappa shape index (κ2) is 5.21. The standard InChI is InChI=1S/C16H19N3O/c1-10-5-11(2)7-12(6-10)8-15-18-16(20-19-15)13-3-4-14(17)9-13/h3-7,13-14H,8-9,17H2,1-2H3. The predicted octanol–water partition coefficient (Wildman–Crippen LogP) is 2.65. The summed E-state index contributed by atoms with van der Waals surface area (Å²) in [6.07, 6.45) is 5.61. The molecule has 1 aliphatic carbocycles. The average Bonchev–Trinajstić information content (AvgIpc) is 2.96. The predicted molar refractivity (Wildman–Crippen MR) is 77.5 cm³/mol. The third-order valence-electron chi connectivity index (χ3n) is 3.56. The molecule has 0 saturated heterocycles. The van der Waals surface area contributed by atoms with Gasteiger partial charge in [-0.2, -0.15) is 4.98 Å². The highest BCUT2D eigenvalue weighted by Gasteiger charge is 2.22. The molecule has 0 saturated carbocycles. The van der Waals surface area contributed by atoms with Crippen molar-refractivity contribution >= 4 is 0 Å². The smallest absolute Gasteiger partial charge is 0.233 e. The molecule has 1 aliphatic rings. The topological polar surface area (TPSA) is 64.9 Å². The second-order valence-electron chi connectivity index (χ2n) is 5.61. The number of nitrogens with zero attached hydrogens (tertiary/aromatic N) is 2. The summed E-state index contributed by atoms with van der Waals surface area (Å²) in [4.78, 5) is 4.50. The van der Waals surface area contributed by atoms with Crippen LogP contribution >= 0.6 is 0 Å². The molecular weight excluding hydrogens is 250 g/mol. The molecule has 3 rings (SSSR count). The third-order valence-corrected chi connectivity index (χ3v) is 3.56. The zero-order valence-electron chi connectivity index (χ0n) is 11.8. The van der Waals surface area contributed by atoms with E-state index >= 15 is 0 Å². The molecule has 2 atom stereocenters. The number of hydrogen-bond donors (Lipinski definition) is 1. The van der Waals surface area contributed by atoms with Crippen molar-refractivity contribution in [1.82, 2.24) is 10.1 Å². The number of rotatable bonds is 3. The van der Waals surface area contributed by atoms with E-state index in [1.165, 1.54) is 16.7 Å². The molecule has 2 aromatic rings. The molecule has 104 valence electrons. The zero-order valence-corrected chi connectivity index (χ0v) is 11.8. The number of nitrogens with two attached hydrogens (primary N) is 1. The van der Waals surface area contributed by atoms with Crippen molar-refractivity contribution in [3.63, 3.8) is 0 Å². The van der Waals surface area contributed by atoms with Crippen LogP contribution < -0.4 is 5.73 Å². The van der Waals surface area contributed by atoms with E-state index in [2.05, 4.69) is 48.3 Å². The normalized spacial score (nSPS) is 21.6. The summed E-state index contributed by atoms with van der Waals surface area (Å²) in [5, 5.41) is 4.08. The van der Waals surface area contributed by atoms with Crippen molar-refractivity contribution in [1.29, 1.82) is 0 Å². The number of allylic oxidation sites excluding steroid dienone is 1. The molecule has 0 amide bonds. The first kappa shape index (κ1) is 13.1. The van der Waals surface area contributed by atoms with Crippen molar-refractivity contribution < 1.29 is 4.52 Å². The molecule has 0 aliphatic heterocycles. The lowest BCUT2D eigenvalue weighted by molar-refractivity contribution is 0.360. The second-order valence-corrected chi connectivity index (χ2v) is 5.61. The van der Waals surface area contributed by atoms with Gasteiger partial charge in [-0.15, -0.1) is 0 Å². The minimum absolute atomic E-state index is 0.106. The maximum absolute atomic E-state index is 5.85. The van der Waals surface area contributed by atoms with E-state index in [1.807, 2.05) is 6.08 Å². The Morgan fingerprint density at radius 2 is 1.95 bits per heavy atom. The largest absolute Gasteiger partial charge is 0.339 e. The van der Waals surface area contributed by atoms with Gasteiger partial charge in [0.05, 0.1) is 5.92 Å². The Kier molecular flexibility index (Phi) is 3.40. The Balaban J connectivity index is 1.75. The van der Waals surface area contributed by atoms with Crippen LogP contribution in [-0.2, 0) is 6.42 Å². The lowest BCUT2D eigenvalue weighted by Gasteiger charge is -2.03. The third kappa shape index (κ3) is 2.80. The SMILES string of the molecule is Cc1cc(C)cc(Cc2noc(C3C=CC(N)C3)n2)c1. The van der Waals surface area contributed by atoms with Gasteiger partial charge in [-0.3, -0.25) is 0 Å². The van der Waals surface area contributed by atoms with Crippen molar-refractivity contribution in [3.8, 4) is 0 Å². The molecule has 0 fully saturated rings. The Labute approximate surface area is 118 Å². The van der Waals surface area contributed by atoms with Gasteiger partial charge in [-0.25, -0.2) is 0 Å². The van der Waals surface area contributed by atoms with Gasteiger partial charge in [-0.1, -0.05) is 46.6 Å². The van der Waals surface area contributed by atoms with Crippen LogP contribution in [0.15, 0.2) is 34.9 Å². The summed E-state index contributed by atoms with van der Waals surface area (Å²) in [5.41, 5.74) is 9.58. The van der Waals surface area contributed by atoms with Gasteiger partial charge in [0.2, 0.25) is 5.89 Å². The number of benzene rings is 1. The van der Waals surface area contributed by atoms with Gasteiger partial charge in [0.25, 0.3) is 0 Å². The maximum Gasteiger partial charge on any atom is 0.233 e. The van der Waals surface area contributed by atoms with Gasteiger partial charge in [-0.05, 0) is 25.8 Å². The Morgan fingerprint density at radius 3 is 2.60 bits per heavy atom. The summed E-state index contributed by atoms with van der Waals surface area (Å²) in [7, 11) is 0. The summed E-state index contributed by atoms with van der Waals surface area (Å²) < 4.78 is 5.36. The first-order valence-corrected chi connectivity index (χ1v) is 6.94. The summed E-state index contributed by atoms with van der Waals surface area (Å²) >= 11 is 0. The monoisotopic (exact) mass is 269 g/mol. The first-order chi connectivity index (χ1) is 9.60. The fourth-order valence-corrected chi connectivity index (χ4v) is 2.75. The van der Waals surface area contributed by atoms with Gasteiger partial charge in [0.15, 0.2) is 5.82 Å². The summed E-state index contributed by atoms with van der Waals surface area (Å²) in [5.74, 6) is 1.58. The molecule has 20 heavy (non-hydrogen) atoms. The van der Waals surface area contributed by atoms with Crippen molar-refractivity contribution in [3.05, 3.63) is 58.8 Å². The van der Waals surface area contributed by atoms with Gasteiger partial charge >= 0.3 is 0 Å². The number of hydrogen-bond acceptors (Lipinski definition) is 4. The van der Waals surface area contributed by atoms with Crippen LogP contribution in [0.1, 0.15) is 40.7 Å². The average molecular weight is 269 g/mol. The highest BCUT2D eigenvalue weighted by Crippen LogP contribution is 2.26. The lowest BCUT2D eigenvalue weighted by atomic mass is 10.0. The van der Waals surface area contributed by atoms with E-state index in [4.69, 9.17) is 10.3 Å². The van der Waals surface area contributed by atoms with Gasteiger partial charge in [0, 0.05) is 12.5 Å². The first-order valence-electron chi connectivity index (χ1n) is 6.94. The molecule has 1 aromatic heterocycles. The van der Waals surface area contributed by atoms with Crippen LogP contribution in [0.2, 0.25) is 0 Å². The van der Waals surface area contributed by atoms with Crippen molar-refractivity contribution in [2.24, 2.45) is 5.73 Å². The van der Waals surface area contributed by atoms with Crippen LogP contribution in [-0.4, -0.2) is 16.2 Å². The van der Waals surface area contributed by atoms with Gasteiger partial charge in [0.1, 0.15) is 0 Å². The number of aryl methyl sites for hydroxylation is 2. The summed E-state index contributed by atoms with van der Waals surface area (Å²) in [6, 6.07) is 6.59. The van der Waals surface area contributed by atoms with Gasteiger partial charge < -0.3 is 10.3 Å². The van der Waals surface area contributed by atoms with Crippen molar-refractivity contribution in [2.75, 3.05) is 0 Å². The minimum atomic E-state index is 0.106. The van der Waals surface area contributed by atoms with E-state index in [-0.39, 0.29) is 12.0 Å². The molecule has 1 heterocycles. The molecule has 0 bridgehead atoms. The molecule has 2 unspecified atom stereocenters.